The van der Waals surface area contributed by atoms with Gasteiger partial charge in [-0.3, -0.25) is 10.2 Å². The maximum atomic E-state index is 12.9. The zero-order chi connectivity index (χ0) is 17.5. The average molecular weight is 326 g/mol. The summed E-state index contributed by atoms with van der Waals surface area (Å²) < 4.78 is 12.9. The number of aryl methyl sites for hydroxylation is 1. The van der Waals surface area contributed by atoms with Gasteiger partial charge in [-0.2, -0.15) is 0 Å². The van der Waals surface area contributed by atoms with Gasteiger partial charge in [-0.15, -0.1) is 0 Å². The van der Waals surface area contributed by atoms with E-state index in [9.17, 15) is 9.18 Å². The van der Waals surface area contributed by atoms with Gasteiger partial charge in [0.1, 0.15) is 11.7 Å². The van der Waals surface area contributed by atoms with Gasteiger partial charge in [0.2, 0.25) is 0 Å². The lowest BCUT2D eigenvalue weighted by molar-refractivity contribution is 0.0941. The van der Waals surface area contributed by atoms with E-state index < -0.39 is 0 Å². The van der Waals surface area contributed by atoms with Crippen LogP contribution >= 0.6 is 0 Å². The van der Waals surface area contributed by atoms with E-state index in [4.69, 9.17) is 0 Å². The molecular weight excluding hydrogens is 307 g/mol. The number of anilines is 1. The number of aliphatic imine (C=N–C) groups is 1. The Hall–Kier alpha value is -3.15. The highest BCUT2D eigenvalue weighted by Gasteiger charge is 2.07. The molecule has 0 aliphatic rings. The van der Waals surface area contributed by atoms with Crippen molar-refractivity contribution in [3.05, 3.63) is 72.2 Å². The molecule has 2 aromatic carbocycles. The molecular formula is C18H19FN4O. The van der Waals surface area contributed by atoms with Crippen molar-refractivity contribution < 1.29 is 9.18 Å². The largest absolute Gasteiger partial charge is 0.344 e. The number of hydrogen-bond acceptors (Lipinski definition) is 3. The topological polar surface area (TPSA) is 65.5 Å². The van der Waals surface area contributed by atoms with Crippen molar-refractivity contribution in [3.8, 4) is 0 Å². The fourth-order valence-corrected chi connectivity index (χ4v) is 2.01. The van der Waals surface area contributed by atoms with Gasteiger partial charge in [-0.25, -0.2) is 9.38 Å². The number of hydrazine groups is 1. The molecule has 2 aromatic rings. The van der Waals surface area contributed by atoms with Crippen LogP contribution in [0.4, 0.5) is 15.8 Å². The number of carbonyl (C=O) groups excluding carboxylic acids is 1. The number of benzene rings is 2. The molecule has 1 amide bonds. The summed E-state index contributed by atoms with van der Waals surface area (Å²) in [5.41, 5.74) is 7.85. The van der Waals surface area contributed by atoms with Crippen molar-refractivity contribution in [2.45, 2.75) is 13.8 Å². The first kappa shape index (κ1) is 17.2. The molecule has 124 valence electrons. The van der Waals surface area contributed by atoms with Gasteiger partial charge in [-0.05, 0) is 55.8 Å². The van der Waals surface area contributed by atoms with Gasteiger partial charge in [-0.1, -0.05) is 12.6 Å². The third-order valence-corrected chi connectivity index (χ3v) is 3.22. The minimum absolute atomic E-state index is 0.282. The van der Waals surface area contributed by atoms with Crippen molar-refractivity contribution in [3.63, 3.8) is 0 Å². The van der Waals surface area contributed by atoms with E-state index in [0.29, 0.717) is 17.1 Å². The standard InChI is InChI=1S/C18H19FN4O/c1-4-20-23-18(24)14-6-5-12(2)17(11-14)22-13(3)21-16-9-7-15(19)8-10-16/h4-11,20H,1H2,2-3H3,(H,21,22)(H,23,24). The van der Waals surface area contributed by atoms with Crippen molar-refractivity contribution in [1.29, 1.82) is 0 Å². The first-order valence-corrected chi connectivity index (χ1v) is 7.35. The average Bonchev–Trinajstić information content (AvgIpc) is 2.56. The third-order valence-electron chi connectivity index (χ3n) is 3.22. The maximum Gasteiger partial charge on any atom is 0.269 e. The summed E-state index contributed by atoms with van der Waals surface area (Å²) in [6.07, 6.45) is 1.38. The second-order valence-electron chi connectivity index (χ2n) is 5.13. The SMILES string of the molecule is C=CNNC(=O)c1ccc(C)c(N=C(C)Nc2ccc(F)cc2)c1. The molecule has 6 heteroatoms. The summed E-state index contributed by atoms with van der Waals surface area (Å²) in [6.45, 7) is 7.17. The summed E-state index contributed by atoms with van der Waals surface area (Å²) in [5, 5.41) is 3.08. The van der Waals surface area contributed by atoms with Crippen LogP contribution in [0.5, 0.6) is 0 Å². The molecule has 0 aliphatic heterocycles. The van der Waals surface area contributed by atoms with Gasteiger partial charge in [0.15, 0.2) is 0 Å². The summed E-state index contributed by atoms with van der Waals surface area (Å²) in [5.74, 6) is 0.0554. The number of hydrogen-bond donors (Lipinski definition) is 3. The lowest BCUT2D eigenvalue weighted by Gasteiger charge is -2.09. The summed E-state index contributed by atoms with van der Waals surface area (Å²) in [4.78, 5) is 16.4. The van der Waals surface area contributed by atoms with Gasteiger partial charge in [0.05, 0.1) is 5.69 Å². The van der Waals surface area contributed by atoms with E-state index in [1.54, 1.807) is 31.2 Å². The second kappa shape index (κ2) is 7.92. The van der Waals surface area contributed by atoms with Gasteiger partial charge in [0.25, 0.3) is 5.91 Å². The lowest BCUT2D eigenvalue weighted by Crippen LogP contribution is -2.33. The molecule has 0 radical (unpaired) electrons. The number of amides is 1. The predicted octanol–water partition coefficient (Wildman–Crippen LogP) is 3.67. The highest BCUT2D eigenvalue weighted by molar-refractivity contribution is 5.97. The number of nitrogens with zero attached hydrogens (tertiary/aromatic N) is 1. The second-order valence-corrected chi connectivity index (χ2v) is 5.13. The van der Waals surface area contributed by atoms with Crippen molar-refractivity contribution >= 4 is 23.1 Å². The predicted molar refractivity (Wildman–Crippen MR) is 94.8 cm³/mol. The molecule has 0 spiro atoms. The molecule has 0 saturated heterocycles. The molecule has 0 aromatic heterocycles. The van der Waals surface area contributed by atoms with Crippen LogP contribution in [0.25, 0.3) is 0 Å². The maximum absolute atomic E-state index is 12.9. The van der Waals surface area contributed by atoms with Crippen LogP contribution in [0.2, 0.25) is 0 Å². The molecule has 5 nitrogen and oxygen atoms in total. The van der Waals surface area contributed by atoms with Gasteiger partial charge in [0, 0.05) is 17.5 Å². The number of amidine groups is 1. The van der Waals surface area contributed by atoms with Gasteiger partial charge < -0.3 is 10.7 Å². The fourth-order valence-electron chi connectivity index (χ4n) is 2.01. The molecule has 0 saturated carbocycles. The Labute approximate surface area is 140 Å². The highest BCUT2D eigenvalue weighted by Crippen LogP contribution is 2.21. The van der Waals surface area contributed by atoms with Crippen LogP contribution in [0.1, 0.15) is 22.8 Å². The Morgan fingerprint density at radius 1 is 1.21 bits per heavy atom. The van der Waals surface area contributed by atoms with E-state index in [2.05, 4.69) is 27.7 Å². The summed E-state index contributed by atoms with van der Waals surface area (Å²) in [7, 11) is 0. The Balaban J connectivity index is 2.18. The Bertz CT molecular complexity index is 769. The summed E-state index contributed by atoms with van der Waals surface area (Å²) in [6, 6.07) is 11.3. The fraction of sp³-hybridized carbons (Fsp3) is 0.111. The van der Waals surface area contributed by atoms with E-state index >= 15 is 0 Å². The quantitative estimate of drug-likeness (QED) is 0.446. The number of rotatable bonds is 5. The smallest absolute Gasteiger partial charge is 0.269 e. The van der Waals surface area contributed by atoms with E-state index in [1.165, 1.54) is 18.3 Å². The lowest BCUT2D eigenvalue weighted by atomic mass is 10.1. The molecule has 0 fully saturated rings. The van der Waals surface area contributed by atoms with Crippen LogP contribution in [0.15, 0.2) is 60.2 Å². The molecule has 0 heterocycles. The first-order valence-electron chi connectivity index (χ1n) is 7.35. The minimum Gasteiger partial charge on any atom is -0.344 e. The molecule has 24 heavy (non-hydrogen) atoms. The third kappa shape index (κ3) is 4.67. The Morgan fingerprint density at radius 3 is 2.58 bits per heavy atom. The molecule has 0 bridgehead atoms. The van der Waals surface area contributed by atoms with Crippen LogP contribution in [-0.2, 0) is 0 Å². The monoisotopic (exact) mass is 326 g/mol. The van der Waals surface area contributed by atoms with Crippen LogP contribution in [0, 0.1) is 12.7 Å². The Kier molecular flexibility index (Phi) is 5.68. The number of nitrogens with one attached hydrogen (secondary N) is 3. The normalized spacial score (nSPS) is 10.9. The van der Waals surface area contributed by atoms with Gasteiger partial charge >= 0.3 is 0 Å². The van der Waals surface area contributed by atoms with Crippen LogP contribution in [-0.4, -0.2) is 11.7 Å². The molecule has 3 N–H and O–H groups in total. The van der Waals surface area contributed by atoms with Crippen molar-refractivity contribution in [2.24, 2.45) is 4.99 Å². The zero-order valence-corrected chi connectivity index (χ0v) is 13.6. The molecule has 0 aliphatic carbocycles. The van der Waals surface area contributed by atoms with E-state index in [-0.39, 0.29) is 11.7 Å². The number of halogens is 1. The van der Waals surface area contributed by atoms with Crippen LogP contribution in [0.3, 0.4) is 0 Å². The zero-order valence-electron chi connectivity index (χ0n) is 13.6. The van der Waals surface area contributed by atoms with Crippen LogP contribution < -0.4 is 16.2 Å². The minimum atomic E-state index is -0.294. The molecule has 2 rings (SSSR count). The van der Waals surface area contributed by atoms with E-state index in [1.807, 2.05) is 13.0 Å². The van der Waals surface area contributed by atoms with Crippen molar-refractivity contribution in [1.82, 2.24) is 10.9 Å². The first-order chi connectivity index (χ1) is 11.5. The molecule has 0 atom stereocenters. The highest BCUT2D eigenvalue weighted by atomic mass is 19.1. The molecule has 0 unspecified atom stereocenters. The number of carbonyl (C=O) groups is 1. The summed E-state index contributed by atoms with van der Waals surface area (Å²) >= 11 is 0. The van der Waals surface area contributed by atoms with Crippen molar-refractivity contribution in [2.75, 3.05) is 5.32 Å². The van der Waals surface area contributed by atoms with E-state index in [0.717, 1.165) is 11.3 Å². The Morgan fingerprint density at radius 2 is 1.92 bits per heavy atom.